The van der Waals surface area contributed by atoms with Crippen molar-refractivity contribution in [3.8, 4) is 0 Å². The highest BCUT2D eigenvalue weighted by atomic mass is 16.6. The normalized spacial score (nSPS) is 12.1. The van der Waals surface area contributed by atoms with Crippen LogP contribution in [0.15, 0.2) is 54.6 Å². The van der Waals surface area contributed by atoms with Gasteiger partial charge in [0.25, 0.3) is 5.69 Å². The summed E-state index contributed by atoms with van der Waals surface area (Å²) in [6, 6.07) is 13.5. The number of carbonyl (C=O) groups excluding carboxylic acids is 1. The predicted molar refractivity (Wildman–Crippen MR) is 97.0 cm³/mol. The highest BCUT2D eigenvalue weighted by Crippen LogP contribution is 2.34. The molecule has 8 nitrogen and oxygen atoms in total. The molecule has 2 aromatic rings. The third-order valence-corrected chi connectivity index (χ3v) is 4.19. The molecule has 0 saturated heterocycles. The summed E-state index contributed by atoms with van der Waals surface area (Å²) < 4.78 is 5.17. The fraction of sp³-hybridized carbons (Fsp3) is 0.263. The van der Waals surface area contributed by atoms with Gasteiger partial charge in [0.1, 0.15) is 6.61 Å². The maximum atomic E-state index is 12.2. The topological polar surface area (TPSA) is 119 Å². The van der Waals surface area contributed by atoms with Crippen molar-refractivity contribution >= 4 is 17.7 Å². The van der Waals surface area contributed by atoms with Crippen molar-refractivity contribution in [1.29, 1.82) is 0 Å². The molecule has 0 heterocycles. The monoisotopic (exact) mass is 372 g/mol. The molecule has 1 amide bonds. The molecule has 0 fully saturated rings. The van der Waals surface area contributed by atoms with Gasteiger partial charge in [0.2, 0.25) is 0 Å². The first-order valence-electron chi connectivity index (χ1n) is 8.17. The van der Waals surface area contributed by atoms with E-state index in [0.29, 0.717) is 5.56 Å². The first-order chi connectivity index (χ1) is 12.7. The lowest BCUT2D eigenvalue weighted by Crippen LogP contribution is -2.42. The van der Waals surface area contributed by atoms with Gasteiger partial charge in [0.15, 0.2) is 0 Å². The Labute approximate surface area is 155 Å². The zero-order valence-electron chi connectivity index (χ0n) is 14.9. The van der Waals surface area contributed by atoms with Crippen LogP contribution in [0.3, 0.4) is 0 Å². The lowest BCUT2D eigenvalue weighted by molar-refractivity contribution is -0.384. The second-order valence-corrected chi connectivity index (χ2v) is 6.51. The largest absolute Gasteiger partial charge is 0.481 e. The number of nitrogens with zero attached hydrogens (tertiary/aromatic N) is 1. The number of aliphatic carboxylic acids is 1. The minimum absolute atomic E-state index is 0.0349. The average molecular weight is 372 g/mol. The SMILES string of the molecule is CC(C)(C(=O)O)C(NC(=O)OCc1ccccc1)c1ccc([N+](=O)[O-])cc1. The number of rotatable bonds is 7. The molecule has 0 aliphatic carbocycles. The van der Waals surface area contributed by atoms with Crippen LogP contribution in [0, 0.1) is 15.5 Å². The van der Waals surface area contributed by atoms with Gasteiger partial charge in [-0.1, -0.05) is 42.5 Å². The van der Waals surface area contributed by atoms with E-state index in [-0.39, 0.29) is 12.3 Å². The first-order valence-corrected chi connectivity index (χ1v) is 8.17. The van der Waals surface area contributed by atoms with Crippen molar-refractivity contribution in [3.05, 3.63) is 75.8 Å². The summed E-state index contributed by atoms with van der Waals surface area (Å²) in [7, 11) is 0. The fourth-order valence-electron chi connectivity index (χ4n) is 2.48. The Morgan fingerprint density at radius 2 is 1.74 bits per heavy atom. The van der Waals surface area contributed by atoms with Gasteiger partial charge in [-0.25, -0.2) is 4.79 Å². The van der Waals surface area contributed by atoms with Gasteiger partial charge < -0.3 is 15.2 Å². The van der Waals surface area contributed by atoms with Crippen LogP contribution in [-0.2, 0) is 16.1 Å². The third kappa shape index (κ3) is 5.04. The van der Waals surface area contributed by atoms with Crippen LogP contribution in [0.25, 0.3) is 0 Å². The standard InChI is InChI=1S/C19H20N2O6/c1-19(2,17(22)23)16(14-8-10-15(11-9-14)21(25)26)20-18(24)27-12-13-6-4-3-5-7-13/h3-11,16H,12H2,1-2H3,(H,20,24)(H,22,23). The van der Waals surface area contributed by atoms with E-state index in [9.17, 15) is 24.8 Å². The molecule has 0 bridgehead atoms. The fourth-order valence-corrected chi connectivity index (χ4v) is 2.48. The first kappa shape index (κ1) is 19.9. The van der Waals surface area contributed by atoms with E-state index in [2.05, 4.69) is 5.32 Å². The molecule has 142 valence electrons. The number of alkyl carbamates (subject to hydrolysis) is 1. The molecule has 0 radical (unpaired) electrons. The van der Waals surface area contributed by atoms with Crippen LogP contribution in [0.4, 0.5) is 10.5 Å². The lowest BCUT2D eigenvalue weighted by Gasteiger charge is -2.31. The van der Waals surface area contributed by atoms with E-state index >= 15 is 0 Å². The van der Waals surface area contributed by atoms with Crippen molar-refractivity contribution in [3.63, 3.8) is 0 Å². The van der Waals surface area contributed by atoms with Gasteiger partial charge in [0, 0.05) is 12.1 Å². The van der Waals surface area contributed by atoms with E-state index in [4.69, 9.17) is 4.74 Å². The summed E-state index contributed by atoms with van der Waals surface area (Å²) in [5, 5.41) is 22.9. The number of nitro groups is 1. The molecule has 0 aromatic heterocycles. The number of benzene rings is 2. The molecule has 2 N–H and O–H groups in total. The molecule has 2 aromatic carbocycles. The molecule has 27 heavy (non-hydrogen) atoms. The Morgan fingerprint density at radius 1 is 1.15 bits per heavy atom. The summed E-state index contributed by atoms with van der Waals surface area (Å²) in [5.74, 6) is -1.13. The number of hydrogen-bond donors (Lipinski definition) is 2. The minimum Gasteiger partial charge on any atom is -0.481 e. The van der Waals surface area contributed by atoms with E-state index in [1.54, 1.807) is 12.1 Å². The van der Waals surface area contributed by atoms with Crippen molar-refractivity contribution in [2.24, 2.45) is 5.41 Å². The number of nitrogens with one attached hydrogen (secondary N) is 1. The number of non-ortho nitro benzene ring substituents is 1. The molecule has 0 spiro atoms. The Morgan fingerprint density at radius 3 is 2.26 bits per heavy atom. The summed E-state index contributed by atoms with van der Waals surface area (Å²) in [6.07, 6.45) is -0.781. The quantitative estimate of drug-likeness (QED) is 0.565. The zero-order valence-corrected chi connectivity index (χ0v) is 14.9. The molecule has 0 aliphatic rings. The van der Waals surface area contributed by atoms with Gasteiger partial charge in [-0.3, -0.25) is 14.9 Å². The summed E-state index contributed by atoms with van der Waals surface area (Å²) in [5.41, 5.74) is -0.291. The maximum Gasteiger partial charge on any atom is 0.407 e. The van der Waals surface area contributed by atoms with E-state index in [1.807, 2.05) is 18.2 Å². The zero-order chi connectivity index (χ0) is 20.0. The lowest BCUT2D eigenvalue weighted by atomic mass is 9.80. The van der Waals surface area contributed by atoms with Crippen LogP contribution >= 0.6 is 0 Å². The number of carboxylic acid groups (broad SMARTS) is 1. The molecule has 2 rings (SSSR count). The highest BCUT2D eigenvalue weighted by Gasteiger charge is 2.39. The van der Waals surface area contributed by atoms with Crippen LogP contribution in [0.1, 0.15) is 31.0 Å². The van der Waals surface area contributed by atoms with Crippen LogP contribution in [0.5, 0.6) is 0 Å². The van der Waals surface area contributed by atoms with Gasteiger partial charge in [-0.15, -0.1) is 0 Å². The Balaban J connectivity index is 2.18. The highest BCUT2D eigenvalue weighted by molar-refractivity contribution is 5.77. The average Bonchev–Trinajstić information content (AvgIpc) is 2.65. The third-order valence-electron chi connectivity index (χ3n) is 4.19. The predicted octanol–water partition coefficient (Wildman–Crippen LogP) is 3.67. The van der Waals surface area contributed by atoms with Crippen molar-refractivity contribution in [2.75, 3.05) is 0 Å². The van der Waals surface area contributed by atoms with Crippen molar-refractivity contribution < 1.29 is 24.4 Å². The minimum atomic E-state index is -1.37. The Kier molecular flexibility index (Phi) is 6.12. The number of ether oxygens (including phenoxy) is 1. The van der Waals surface area contributed by atoms with Crippen molar-refractivity contribution in [2.45, 2.75) is 26.5 Å². The Bertz CT molecular complexity index is 818. The number of amides is 1. The second-order valence-electron chi connectivity index (χ2n) is 6.51. The molecular weight excluding hydrogens is 352 g/mol. The molecule has 1 unspecified atom stereocenters. The number of carbonyl (C=O) groups is 2. The van der Waals surface area contributed by atoms with Crippen LogP contribution in [-0.4, -0.2) is 22.1 Å². The smallest absolute Gasteiger partial charge is 0.407 e. The number of nitro benzene ring substituents is 1. The Hall–Kier alpha value is -3.42. The van der Waals surface area contributed by atoms with Crippen molar-refractivity contribution in [1.82, 2.24) is 5.32 Å². The molecule has 8 heteroatoms. The summed E-state index contributed by atoms with van der Waals surface area (Å²) in [6.45, 7) is 2.95. The van der Waals surface area contributed by atoms with Crippen LogP contribution in [0.2, 0.25) is 0 Å². The molecule has 0 aliphatic heterocycles. The molecular formula is C19H20N2O6. The van der Waals surface area contributed by atoms with E-state index in [0.717, 1.165) is 5.56 Å². The van der Waals surface area contributed by atoms with Gasteiger partial charge in [0.05, 0.1) is 16.4 Å². The summed E-state index contributed by atoms with van der Waals surface area (Å²) >= 11 is 0. The maximum absolute atomic E-state index is 12.2. The summed E-state index contributed by atoms with van der Waals surface area (Å²) in [4.78, 5) is 34.1. The van der Waals surface area contributed by atoms with Crippen LogP contribution < -0.4 is 5.32 Å². The second kappa shape index (κ2) is 8.31. The number of hydrogen-bond acceptors (Lipinski definition) is 5. The molecule has 1 atom stereocenters. The van der Waals surface area contributed by atoms with E-state index in [1.165, 1.54) is 38.1 Å². The van der Waals surface area contributed by atoms with Gasteiger partial charge >= 0.3 is 12.1 Å². The van der Waals surface area contributed by atoms with Gasteiger partial charge in [-0.2, -0.15) is 0 Å². The molecule has 0 saturated carbocycles. The van der Waals surface area contributed by atoms with E-state index < -0.39 is 28.4 Å². The van der Waals surface area contributed by atoms with Gasteiger partial charge in [-0.05, 0) is 25.0 Å². The number of carboxylic acids is 1.